The van der Waals surface area contributed by atoms with Crippen LogP contribution in [0.3, 0.4) is 0 Å². The number of fused-ring (bicyclic) bond motifs is 11. The Hall–Kier alpha value is -5.03. The van der Waals surface area contributed by atoms with E-state index < -0.39 is 0 Å². The summed E-state index contributed by atoms with van der Waals surface area (Å²) in [6, 6.07) is 48.7. The maximum absolute atomic E-state index is 5.19. The number of benzene rings is 7. The Labute approximate surface area is 254 Å². The molecule has 10 aromatic rings. The van der Waals surface area contributed by atoms with E-state index in [2.05, 4.69) is 138 Å². The van der Waals surface area contributed by atoms with Crippen LogP contribution in [0.4, 0.5) is 0 Å². The molecule has 200 valence electrons. The SMILES string of the molecule is c1ccc2c(c1)ccc1c2sc2cc(-n3c4ccccc4c4ccc5ccccc5c43)cc(-c3nc4ccccc4s3)c21. The first-order valence-electron chi connectivity index (χ1n) is 14.5. The molecule has 0 bridgehead atoms. The Morgan fingerprint density at radius 2 is 1.21 bits per heavy atom. The van der Waals surface area contributed by atoms with Crippen LogP contribution in [0.25, 0.3) is 90.0 Å². The van der Waals surface area contributed by atoms with Crippen molar-refractivity contribution >= 4 is 96.4 Å². The zero-order valence-electron chi connectivity index (χ0n) is 22.9. The Balaban J connectivity index is 1.40. The summed E-state index contributed by atoms with van der Waals surface area (Å²) in [6.45, 7) is 0. The first-order chi connectivity index (χ1) is 21.3. The fraction of sp³-hybridized carbons (Fsp3) is 0. The van der Waals surface area contributed by atoms with E-state index in [9.17, 15) is 0 Å². The van der Waals surface area contributed by atoms with Gasteiger partial charge in [-0.05, 0) is 46.5 Å². The molecule has 0 atom stereocenters. The van der Waals surface area contributed by atoms with Crippen molar-refractivity contribution in [2.24, 2.45) is 0 Å². The molecule has 0 aliphatic heterocycles. The van der Waals surface area contributed by atoms with Gasteiger partial charge in [0.2, 0.25) is 0 Å². The second-order valence-electron chi connectivity index (χ2n) is 11.2. The Morgan fingerprint density at radius 3 is 2.07 bits per heavy atom. The van der Waals surface area contributed by atoms with Crippen LogP contribution in [0.15, 0.2) is 133 Å². The molecule has 0 aliphatic carbocycles. The second-order valence-corrected chi connectivity index (χ2v) is 13.2. The number of aromatic nitrogens is 2. The highest BCUT2D eigenvalue weighted by molar-refractivity contribution is 7.27. The molecule has 7 aromatic carbocycles. The van der Waals surface area contributed by atoms with E-state index >= 15 is 0 Å². The van der Waals surface area contributed by atoms with Crippen LogP contribution < -0.4 is 0 Å². The van der Waals surface area contributed by atoms with Crippen molar-refractivity contribution in [1.82, 2.24) is 9.55 Å². The summed E-state index contributed by atoms with van der Waals surface area (Å²) >= 11 is 3.68. The summed E-state index contributed by atoms with van der Waals surface area (Å²) in [7, 11) is 0. The number of hydrogen-bond donors (Lipinski definition) is 0. The summed E-state index contributed by atoms with van der Waals surface area (Å²) < 4.78 is 6.31. The van der Waals surface area contributed by atoms with Crippen LogP contribution in [0, 0.1) is 0 Å². The van der Waals surface area contributed by atoms with Crippen LogP contribution in [0.1, 0.15) is 0 Å². The van der Waals surface area contributed by atoms with Crippen molar-refractivity contribution in [1.29, 1.82) is 0 Å². The van der Waals surface area contributed by atoms with E-state index in [1.807, 2.05) is 11.3 Å². The Bertz CT molecular complexity index is 2710. The summed E-state index contributed by atoms with van der Waals surface area (Å²) in [5.41, 5.74) is 5.88. The van der Waals surface area contributed by atoms with Gasteiger partial charge >= 0.3 is 0 Å². The average molecular weight is 583 g/mol. The van der Waals surface area contributed by atoms with Crippen LogP contribution in [0.2, 0.25) is 0 Å². The predicted octanol–water partition coefficient (Wildman–Crippen LogP) is 11.7. The molecule has 0 N–H and O–H groups in total. The maximum Gasteiger partial charge on any atom is 0.125 e. The van der Waals surface area contributed by atoms with E-state index in [0.29, 0.717) is 0 Å². The van der Waals surface area contributed by atoms with Crippen molar-refractivity contribution in [2.45, 2.75) is 0 Å². The minimum Gasteiger partial charge on any atom is -0.309 e. The molecule has 0 fully saturated rings. The molecule has 4 heteroatoms. The van der Waals surface area contributed by atoms with Gasteiger partial charge in [-0.3, -0.25) is 0 Å². The largest absolute Gasteiger partial charge is 0.309 e. The Kier molecular flexibility index (Phi) is 4.78. The van der Waals surface area contributed by atoms with Gasteiger partial charge in [0.1, 0.15) is 5.01 Å². The molecule has 0 spiro atoms. The molecule has 0 radical (unpaired) electrons. The summed E-state index contributed by atoms with van der Waals surface area (Å²) in [4.78, 5) is 5.19. The minimum atomic E-state index is 1.05. The number of thiophene rings is 1. The number of nitrogens with zero attached hydrogens (tertiary/aromatic N) is 2. The monoisotopic (exact) mass is 582 g/mol. The highest BCUT2D eigenvalue weighted by atomic mass is 32.1. The fourth-order valence-corrected chi connectivity index (χ4v) is 9.19. The van der Waals surface area contributed by atoms with Crippen LogP contribution in [-0.4, -0.2) is 9.55 Å². The molecule has 0 unspecified atom stereocenters. The Morgan fingerprint density at radius 1 is 0.512 bits per heavy atom. The second kappa shape index (κ2) is 8.74. The van der Waals surface area contributed by atoms with Crippen molar-refractivity contribution in [2.75, 3.05) is 0 Å². The highest BCUT2D eigenvalue weighted by Crippen LogP contribution is 2.46. The normalized spacial score (nSPS) is 12.2. The topological polar surface area (TPSA) is 17.8 Å². The molecule has 0 saturated carbocycles. The summed E-state index contributed by atoms with van der Waals surface area (Å²) in [6.07, 6.45) is 0. The van der Waals surface area contributed by atoms with Crippen LogP contribution in [0.5, 0.6) is 0 Å². The maximum atomic E-state index is 5.19. The predicted molar refractivity (Wildman–Crippen MR) is 187 cm³/mol. The lowest BCUT2D eigenvalue weighted by Gasteiger charge is -2.12. The lowest BCUT2D eigenvalue weighted by Crippen LogP contribution is -1.95. The van der Waals surface area contributed by atoms with Gasteiger partial charge in [0, 0.05) is 47.6 Å². The minimum absolute atomic E-state index is 1.05. The van der Waals surface area contributed by atoms with Crippen LogP contribution >= 0.6 is 22.7 Å². The third-order valence-electron chi connectivity index (χ3n) is 8.79. The van der Waals surface area contributed by atoms with Crippen molar-refractivity contribution in [3.05, 3.63) is 133 Å². The fourth-order valence-electron chi connectivity index (χ4n) is 6.90. The molecule has 10 rings (SSSR count). The quantitative estimate of drug-likeness (QED) is 0.198. The number of thiazole rings is 1. The molecule has 0 saturated heterocycles. The van der Waals surface area contributed by atoms with E-state index in [-0.39, 0.29) is 0 Å². The number of hydrogen-bond acceptors (Lipinski definition) is 3. The van der Waals surface area contributed by atoms with Gasteiger partial charge < -0.3 is 4.57 Å². The third-order valence-corrected chi connectivity index (χ3v) is 11.0. The van der Waals surface area contributed by atoms with Crippen molar-refractivity contribution < 1.29 is 0 Å². The standard InChI is InChI=1S/C39H22N2S2/c1-3-11-26-23(9-1)17-19-29-28-13-5-7-15-33(28)41(37(26)29)25-21-31(39-40-32-14-6-8-16-34(32)43-39)36-30-20-18-24-10-2-4-12-27(24)38(30)42-35(36)22-25/h1-22H. The number of para-hydroxylation sites is 2. The molecule has 2 nitrogen and oxygen atoms in total. The van der Waals surface area contributed by atoms with E-state index in [1.165, 1.54) is 79.5 Å². The molecular weight excluding hydrogens is 561 g/mol. The van der Waals surface area contributed by atoms with E-state index in [4.69, 9.17) is 4.98 Å². The lowest BCUT2D eigenvalue weighted by molar-refractivity contribution is 1.19. The van der Waals surface area contributed by atoms with Gasteiger partial charge in [0.25, 0.3) is 0 Å². The third kappa shape index (κ3) is 3.30. The van der Waals surface area contributed by atoms with Crippen molar-refractivity contribution in [3.63, 3.8) is 0 Å². The van der Waals surface area contributed by atoms with Gasteiger partial charge in [0.15, 0.2) is 0 Å². The summed E-state index contributed by atoms with van der Waals surface area (Å²) in [5.74, 6) is 0. The first-order valence-corrected chi connectivity index (χ1v) is 16.1. The lowest BCUT2D eigenvalue weighted by atomic mass is 10.0. The molecule has 0 aliphatic rings. The van der Waals surface area contributed by atoms with E-state index in [0.717, 1.165) is 10.5 Å². The van der Waals surface area contributed by atoms with Gasteiger partial charge in [0.05, 0.1) is 21.3 Å². The van der Waals surface area contributed by atoms with Gasteiger partial charge in [-0.2, -0.15) is 0 Å². The molecule has 3 aromatic heterocycles. The highest BCUT2D eigenvalue weighted by Gasteiger charge is 2.21. The average Bonchev–Trinajstić information content (AvgIpc) is 3.76. The molecule has 3 heterocycles. The first kappa shape index (κ1) is 23.5. The zero-order chi connectivity index (χ0) is 28.1. The number of rotatable bonds is 2. The van der Waals surface area contributed by atoms with E-state index in [1.54, 1.807) is 11.3 Å². The molecular formula is C39H22N2S2. The smallest absolute Gasteiger partial charge is 0.125 e. The zero-order valence-corrected chi connectivity index (χ0v) is 24.5. The molecule has 43 heavy (non-hydrogen) atoms. The van der Waals surface area contributed by atoms with Gasteiger partial charge in [-0.1, -0.05) is 103 Å². The van der Waals surface area contributed by atoms with Crippen molar-refractivity contribution in [3.8, 4) is 16.3 Å². The van der Waals surface area contributed by atoms with Gasteiger partial charge in [-0.25, -0.2) is 4.98 Å². The van der Waals surface area contributed by atoms with Crippen LogP contribution in [-0.2, 0) is 0 Å². The van der Waals surface area contributed by atoms with Gasteiger partial charge in [-0.15, -0.1) is 22.7 Å². The summed E-state index contributed by atoms with van der Waals surface area (Å²) in [5, 5.41) is 11.3. The molecule has 0 amide bonds.